The van der Waals surface area contributed by atoms with Gasteiger partial charge in [-0.25, -0.2) is 0 Å². The standard InChI is InChI=1S/C30H46N2O4/c1-21(2)10-7-11-22(3)12-8-13-23(4)16-17-32(20-33)26-18-25(34)19-28(36)30(26)31(6)29-24(5)14-9-15-27(29)35/h9,14-15,18-23,34-36H,7-8,10-13,16-17H2,1-6H3. The van der Waals surface area contributed by atoms with Crippen LogP contribution in [-0.2, 0) is 4.79 Å². The number of amides is 1. The van der Waals surface area contributed by atoms with Gasteiger partial charge in [0.05, 0.1) is 11.4 Å². The van der Waals surface area contributed by atoms with Gasteiger partial charge in [0.15, 0.2) is 0 Å². The molecule has 0 aliphatic heterocycles. The first-order valence-electron chi connectivity index (χ1n) is 13.3. The molecule has 36 heavy (non-hydrogen) atoms. The topological polar surface area (TPSA) is 84.2 Å². The number of hydrogen-bond acceptors (Lipinski definition) is 5. The number of phenols is 3. The monoisotopic (exact) mass is 498 g/mol. The molecule has 0 radical (unpaired) electrons. The van der Waals surface area contributed by atoms with Gasteiger partial charge in [0.2, 0.25) is 6.41 Å². The van der Waals surface area contributed by atoms with Crippen molar-refractivity contribution in [1.29, 1.82) is 0 Å². The van der Waals surface area contributed by atoms with Crippen LogP contribution >= 0.6 is 0 Å². The predicted molar refractivity (Wildman–Crippen MR) is 150 cm³/mol. The fourth-order valence-corrected chi connectivity index (χ4v) is 4.91. The molecule has 1 amide bonds. The van der Waals surface area contributed by atoms with E-state index >= 15 is 0 Å². The number of benzene rings is 2. The molecule has 0 aliphatic rings. The summed E-state index contributed by atoms with van der Waals surface area (Å²) in [6.07, 6.45) is 8.97. The smallest absolute Gasteiger partial charge is 0.214 e. The van der Waals surface area contributed by atoms with E-state index in [0.29, 0.717) is 29.5 Å². The quantitative estimate of drug-likeness (QED) is 0.221. The van der Waals surface area contributed by atoms with Gasteiger partial charge >= 0.3 is 0 Å². The molecule has 0 aliphatic carbocycles. The van der Waals surface area contributed by atoms with E-state index in [9.17, 15) is 20.1 Å². The minimum absolute atomic E-state index is 0.0700. The minimum atomic E-state index is -0.165. The lowest BCUT2D eigenvalue weighted by molar-refractivity contribution is -0.107. The lowest BCUT2D eigenvalue weighted by Crippen LogP contribution is -2.26. The Kier molecular flexibility index (Phi) is 11.4. The highest BCUT2D eigenvalue weighted by molar-refractivity contribution is 5.91. The third-order valence-electron chi connectivity index (χ3n) is 7.11. The molecule has 0 fully saturated rings. The van der Waals surface area contributed by atoms with Gasteiger partial charge in [-0.2, -0.15) is 0 Å². The summed E-state index contributed by atoms with van der Waals surface area (Å²) in [6.45, 7) is 11.5. The summed E-state index contributed by atoms with van der Waals surface area (Å²) >= 11 is 0. The largest absolute Gasteiger partial charge is 0.508 e. The number of anilines is 3. The van der Waals surface area contributed by atoms with Gasteiger partial charge in [-0.3, -0.25) is 4.79 Å². The number of carbonyl (C=O) groups excluding carboxylic acids is 1. The molecule has 6 nitrogen and oxygen atoms in total. The van der Waals surface area contributed by atoms with Crippen molar-refractivity contribution in [2.24, 2.45) is 17.8 Å². The van der Waals surface area contributed by atoms with E-state index in [2.05, 4.69) is 27.7 Å². The Hall–Kier alpha value is -2.89. The molecular weight excluding hydrogens is 452 g/mol. The van der Waals surface area contributed by atoms with Crippen LogP contribution < -0.4 is 9.80 Å². The van der Waals surface area contributed by atoms with Crippen molar-refractivity contribution < 1.29 is 20.1 Å². The molecule has 0 saturated heterocycles. The second kappa shape index (κ2) is 14.0. The second-order valence-electron chi connectivity index (χ2n) is 10.9. The SMILES string of the molecule is Cc1cccc(O)c1N(C)c1c(O)cc(O)cc1N(C=O)CCC(C)CCCC(C)CCCC(C)C. The van der Waals surface area contributed by atoms with Gasteiger partial charge in [-0.05, 0) is 42.7 Å². The van der Waals surface area contributed by atoms with Crippen LogP contribution in [-0.4, -0.2) is 35.3 Å². The van der Waals surface area contributed by atoms with Crippen molar-refractivity contribution in [2.75, 3.05) is 23.4 Å². The van der Waals surface area contributed by atoms with Crippen LogP contribution in [0.3, 0.4) is 0 Å². The number of rotatable bonds is 15. The summed E-state index contributed by atoms with van der Waals surface area (Å²) in [5, 5.41) is 31.4. The highest BCUT2D eigenvalue weighted by atomic mass is 16.3. The van der Waals surface area contributed by atoms with E-state index in [4.69, 9.17) is 0 Å². The number of hydrogen-bond donors (Lipinski definition) is 3. The Morgan fingerprint density at radius 1 is 0.833 bits per heavy atom. The normalized spacial score (nSPS) is 13.0. The van der Waals surface area contributed by atoms with Crippen molar-refractivity contribution in [3.8, 4) is 17.2 Å². The van der Waals surface area contributed by atoms with Gasteiger partial charge < -0.3 is 25.1 Å². The summed E-state index contributed by atoms with van der Waals surface area (Å²) in [7, 11) is 1.73. The van der Waals surface area contributed by atoms with Crippen LogP contribution in [0, 0.1) is 24.7 Å². The van der Waals surface area contributed by atoms with Crippen molar-refractivity contribution >= 4 is 23.5 Å². The average Bonchev–Trinajstić information content (AvgIpc) is 2.78. The van der Waals surface area contributed by atoms with E-state index in [-0.39, 0.29) is 17.2 Å². The van der Waals surface area contributed by atoms with Crippen molar-refractivity contribution in [1.82, 2.24) is 0 Å². The zero-order chi connectivity index (χ0) is 26.8. The molecule has 2 atom stereocenters. The molecule has 0 bridgehead atoms. The lowest BCUT2D eigenvalue weighted by Gasteiger charge is -2.29. The maximum Gasteiger partial charge on any atom is 0.214 e. The Bertz CT molecular complexity index is 955. The lowest BCUT2D eigenvalue weighted by atomic mass is 9.92. The molecule has 0 aromatic heterocycles. The Labute approximate surface area is 217 Å². The van der Waals surface area contributed by atoms with Crippen LogP contribution in [0.5, 0.6) is 17.2 Å². The van der Waals surface area contributed by atoms with E-state index < -0.39 is 0 Å². The summed E-state index contributed by atoms with van der Waals surface area (Å²) in [5.41, 5.74) is 2.10. The fraction of sp³-hybridized carbons (Fsp3) is 0.567. The molecule has 200 valence electrons. The van der Waals surface area contributed by atoms with Crippen LogP contribution in [0.2, 0.25) is 0 Å². The third-order valence-corrected chi connectivity index (χ3v) is 7.11. The van der Waals surface area contributed by atoms with Crippen LogP contribution in [0.25, 0.3) is 0 Å². The number of para-hydroxylation sites is 1. The Morgan fingerprint density at radius 3 is 2.03 bits per heavy atom. The third kappa shape index (κ3) is 8.35. The first-order valence-corrected chi connectivity index (χ1v) is 13.3. The summed E-state index contributed by atoms with van der Waals surface area (Å²) in [4.78, 5) is 15.3. The molecule has 3 N–H and O–H groups in total. The molecule has 6 heteroatoms. The zero-order valence-electron chi connectivity index (χ0n) is 23.0. The molecule has 2 unspecified atom stereocenters. The minimum Gasteiger partial charge on any atom is -0.508 e. The van der Waals surface area contributed by atoms with E-state index in [1.807, 2.05) is 13.0 Å². The van der Waals surface area contributed by atoms with Crippen LogP contribution in [0.1, 0.15) is 78.2 Å². The number of carbonyl (C=O) groups is 1. The van der Waals surface area contributed by atoms with E-state index in [1.165, 1.54) is 49.1 Å². The second-order valence-corrected chi connectivity index (χ2v) is 10.9. The summed E-state index contributed by atoms with van der Waals surface area (Å²) in [6, 6.07) is 7.94. The summed E-state index contributed by atoms with van der Waals surface area (Å²) in [5.74, 6) is 1.74. The van der Waals surface area contributed by atoms with Gasteiger partial charge in [0.1, 0.15) is 22.9 Å². The average molecular weight is 499 g/mol. The van der Waals surface area contributed by atoms with E-state index in [1.54, 1.807) is 24.1 Å². The number of nitrogens with zero attached hydrogens (tertiary/aromatic N) is 2. The molecule has 0 heterocycles. The van der Waals surface area contributed by atoms with Crippen LogP contribution in [0.4, 0.5) is 17.1 Å². The van der Waals surface area contributed by atoms with Crippen molar-refractivity contribution in [2.45, 2.75) is 79.6 Å². The fourth-order valence-electron chi connectivity index (χ4n) is 4.91. The van der Waals surface area contributed by atoms with Gasteiger partial charge in [-0.1, -0.05) is 78.4 Å². The first-order chi connectivity index (χ1) is 17.0. The first kappa shape index (κ1) is 29.3. The highest BCUT2D eigenvalue weighted by Crippen LogP contribution is 2.46. The molecule has 0 saturated carbocycles. The number of aromatic hydroxyl groups is 3. The predicted octanol–water partition coefficient (Wildman–Crippen LogP) is 7.50. The molecule has 2 aromatic carbocycles. The van der Waals surface area contributed by atoms with Crippen LogP contribution in [0.15, 0.2) is 30.3 Å². The van der Waals surface area contributed by atoms with Crippen molar-refractivity contribution in [3.05, 3.63) is 35.9 Å². The van der Waals surface area contributed by atoms with E-state index in [0.717, 1.165) is 36.7 Å². The zero-order valence-corrected chi connectivity index (χ0v) is 23.0. The molecule has 2 aromatic rings. The number of phenolic OH excluding ortho intramolecular Hbond substituents is 3. The van der Waals surface area contributed by atoms with Gasteiger partial charge in [-0.15, -0.1) is 0 Å². The summed E-state index contributed by atoms with van der Waals surface area (Å²) < 4.78 is 0. The molecule has 0 spiro atoms. The Morgan fingerprint density at radius 2 is 1.44 bits per heavy atom. The highest BCUT2D eigenvalue weighted by Gasteiger charge is 2.23. The molecular formula is C30H46N2O4. The van der Waals surface area contributed by atoms with Crippen molar-refractivity contribution in [3.63, 3.8) is 0 Å². The maximum absolute atomic E-state index is 12.1. The Balaban J connectivity index is 2.07. The maximum atomic E-state index is 12.1. The molecule has 2 rings (SSSR count). The van der Waals surface area contributed by atoms with Gasteiger partial charge in [0, 0.05) is 25.7 Å². The number of aryl methyl sites for hydroxylation is 1. The van der Waals surface area contributed by atoms with Gasteiger partial charge in [0.25, 0.3) is 0 Å².